The van der Waals surface area contributed by atoms with Gasteiger partial charge >= 0.3 is 0 Å². The number of ketones is 1. The van der Waals surface area contributed by atoms with Crippen molar-refractivity contribution in [2.24, 2.45) is 0 Å². The largest absolute Gasteiger partial charge is 0.375 e. The van der Waals surface area contributed by atoms with Gasteiger partial charge in [-0.1, -0.05) is 24.3 Å². The second kappa shape index (κ2) is 5.81. The molecular formula is C21H23NO3. The smallest absolute Gasteiger partial charge is 0.263 e. The van der Waals surface area contributed by atoms with E-state index in [0.29, 0.717) is 16.8 Å². The standard InChI is InChI=1S/C21H23NO3/c1-12-10-13(2)15(4)19(14(12)3)18(23)11-21(25)16-8-6-7-9-17(16)22(5)20(21)24/h6-10,25H,11H2,1-5H3/t21-/m0/s1. The lowest BCUT2D eigenvalue weighted by Gasteiger charge is -2.23. The first kappa shape index (κ1) is 17.4. The molecule has 0 spiro atoms. The summed E-state index contributed by atoms with van der Waals surface area (Å²) < 4.78 is 0. The molecule has 1 amide bonds. The van der Waals surface area contributed by atoms with Crippen LogP contribution in [0.25, 0.3) is 0 Å². The molecule has 1 N–H and O–H groups in total. The number of hydrogen-bond donors (Lipinski definition) is 1. The molecule has 0 bridgehead atoms. The topological polar surface area (TPSA) is 57.6 Å². The molecular weight excluding hydrogens is 314 g/mol. The van der Waals surface area contributed by atoms with Crippen molar-refractivity contribution in [3.63, 3.8) is 0 Å². The lowest BCUT2D eigenvalue weighted by atomic mass is 9.84. The Labute approximate surface area is 148 Å². The third-order valence-electron chi connectivity index (χ3n) is 5.43. The van der Waals surface area contributed by atoms with E-state index in [2.05, 4.69) is 6.07 Å². The zero-order valence-electron chi connectivity index (χ0n) is 15.3. The number of Topliss-reactive ketones (excluding diaryl/α,β-unsaturated/α-hetero) is 1. The van der Waals surface area contributed by atoms with E-state index in [9.17, 15) is 14.7 Å². The van der Waals surface area contributed by atoms with Crippen molar-refractivity contribution in [2.75, 3.05) is 11.9 Å². The number of aliphatic hydroxyl groups is 1. The minimum atomic E-state index is -1.81. The average Bonchev–Trinajstić information content (AvgIpc) is 2.76. The summed E-state index contributed by atoms with van der Waals surface area (Å²) in [6.45, 7) is 7.76. The van der Waals surface area contributed by atoms with Crippen molar-refractivity contribution in [2.45, 2.75) is 39.7 Å². The molecule has 0 saturated heterocycles. The van der Waals surface area contributed by atoms with Crippen LogP contribution >= 0.6 is 0 Å². The number of benzene rings is 2. The van der Waals surface area contributed by atoms with Gasteiger partial charge in [0.1, 0.15) is 0 Å². The highest BCUT2D eigenvalue weighted by Crippen LogP contribution is 2.42. The number of anilines is 1. The molecule has 2 aromatic rings. The maximum absolute atomic E-state index is 13.1. The van der Waals surface area contributed by atoms with Gasteiger partial charge in [-0.3, -0.25) is 9.59 Å². The highest BCUT2D eigenvalue weighted by Gasteiger charge is 2.49. The van der Waals surface area contributed by atoms with Gasteiger partial charge in [0.05, 0.1) is 12.1 Å². The molecule has 2 aromatic carbocycles. The Hall–Kier alpha value is -2.46. The van der Waals surface area contributed by atoms with Crippen LogP contribution in [0.5, 0.6) is 0 Å². The third kappa shape index (κ3) is 2.48. The van der Waals surface area contributed by atoms with E-state index in [-0.39, 0.29) is 12.2 Å². The fraction of sp³-hybridized carbons (Fsp3) is 0.333. The summed E-state index contributed by atoms with van der Waals surface area (Å²) in [5.41, 5.74) is 3.84. The van der Waals surface area contributed by atoms with Crippen molar-refractivity contribution in [3.8, 4) is 0 Å². The molecule has 1 aliphatic heterocycles. The molecule has 4 nitrogen and oxygen atoms in total. The first-order chi connectivity index (χ1) is 11.7. The normalized spacial score (nSPS) is 19.3. The average molecular weight is 337 g/mol. The van der Waals surface area contributed by atoms with Gasteiger partial charge in [0.15, 0.2) is 11.4 Å². The molecule has 3 rings (SSSR count). The van der Waals surface area contributed by atoms with Crippen LogP contribution in [0, 0.1) is 27.7 Å². The van der Waals surface area contributed by atoms with Crippen LogP contribution in [0.2, 0.25) is 0 Å². The summed E-state index contributed by atoms with van der Waals surface area (Å²) in [4.78, 5) is 27.2. The fourth-order valence-electron chi connectivity index (χ4n) is 3.74. The molecule has 1 atom stereocenters. The Kier molecular flexibility index (Phi) is 4.04. The summed E-state index contributed by atoms with van der Waals surface area (Å²) >= 11 is 0. The molecule has 0 unspecified atom stereocenters. The van der Waals surface area contributed by atoms with Gasteiger partial charge in [-0.15, -0.1) is 0 Å². The molecule has 0 fully saturated rings. The Morgan fingerprint density at radius 3 is 2.24 bits per heavy atom. The quantitative estimate of drug-likeness (QED) is 0.874. The summed E-state index contributed by atoms with van der Waals surface area (Å²) in [6.07, 6.45) is -0.252. The molecule has 1 aliphatic rings. The predicted octanol–water partition coefficient (Wildman–Crippen LogP) is 3.36. The van der Waals surface area contributed by atoms with Gasteiger partial charge in [-0.2, -0.15) is 0 Å². The molecule has 130 valence electrons. The monoisotopic (exact) mass is 337 g/mol. The lowest BCUT2D eigenvalue weighted by Crippen LogP contribution is -2.40. The van der Waals surface area contributed by atoms with Crippen molar-refractivity contribution < 1.29 is 14.7 Å². The van der Waals surface area contributed by atoms with Gasteiger partial charge < -0.3 is 10.0 Å². The van der Waals surface area contributed by atoms with Gasteiger partial charge in [0.2, 0.25) is 0 Å². The number of carbonyl (C=O) groups excluding carboxylic acids is 2. The number of likely N-dealkylation sites (N-methyl/N-ethyl adjacent to an activating group) is 1. The summed E-state index contributed by atoms with van der Waals surface area (Å²) in [7, 11) is 1.62. The van der Waals surface area contributed by atoms with Gasteiger partial charge in [-0.05, 0) is 56.0 Å². The summed E-state index contributed by atoms with van der Waals surface area (Å²) in [5.74, 6) is -0.663. The first-order valence-electron chi connectivity index (χ1n) is 8.39. The zero-order valence-corrected chi connectivity index (χ0v) is 15.3. The highest BCUT2D eigenvalue weighted by atomic mass is 16.3. The lowest BCUT2D eigenvalue weighted by molar-refractivity contribution is -0.135. The first-order valence-corrected chi connectivity index (χ1v) is 8.39. The van der Waals surface area contributed by atoms with Crippen LogP contribution in [0.4, 0.5) is 5.69 Å². The van der Waals surface area contributed by atoms with Gasteiger partial charge in [0.25, 0.3) is 5.91 Å². The van der Waals surface area contributed by atoms with Gasteiger partial charge in [0, 0.05) is 18.2 Å². The number of aryl methyl sites for hydroxylation is 2. The predicted molar refractivity (Wildman–Crippen MR) is 98.1 cm³/mol. The zero-order chi connectivity index (χ0) is 18.5. The molecule has 1 heterocycles. The highest BCUT2D eigenvalue weighted by molar-refractivity contribution is 6.11. The molecule has 0 aliphatic carbocycles. The Bertz CT molecular complexity index is 874. The number of rotatable bonds is 3. The number of hydrogen-bond acceptors (Lipinski definition) is 3. The Balaban J connectivity index is 2.07. The molecule has 0 saturated carbocycles. The minimum Gasteiger partial charge on any atom is -0.375 e. The summed E-state index contributed by atoms with van der Waals surface area (Å²) in [6, 6.07) is 9.14. The van der Waals surface area contributed by atoms with E-state index >= 15 is 0 Å². The number of carbonyl (C=O) groups is 2. The second-order valence-electron chi connectivity index (χ2n) is 6.98. The molecule has 0 aromatic heterocycles. The van der Waals surface area contributed by atoms with Crippen LogP contribution in [0.3, 0.4) is 0 Å². The van der Waals surface area contributed by atoms with E-state index in [4.69, 9.17) is 0 Å². The van der Waals surface area contributed by atoms with Gasteiger partial charge in [-0.25, -0.2) is 0 Å². The number of nitrogens with zero attached hydrogens (tertiary/aromatic N) is 1. The van der Waals surface area contributed by atoms with Crippen molar-refractivity contribution >= 4 is 17.4 Å². The number of amides is 1. The number of fused-ring (bicyclic) bond motifs is 1. The van der Waals surface area contributed by atoms with Crippen LogP contribution in [-0.4, -0.2) is 23.8 Å². The van der Waals surface area contributed by atoms with Crippen LogP contribution < -0.4 is 4.90 Å². The van der Waals surface area contributed by atoms with Crippen LogP contribution in [0.1, 0.15) is 44.6 Å². The molecule has 25 heavy (non-hydrogen) atoms. The minimum absolute atomic E-state index is 0.206. The third-order valence-corrected chi connectivity index (χ3v) is 5.43. The maximum atomic E-state index is 13.1. The second-order valence-corrected chi connectivity index (χ2v) is 6.98. The SMILES string of the molecule is Cc1cc(C)c(C)c(C(=O)C[C@@]2(O)C(=O)N(C)c3ccccc32)c1C. The van der Waals surface area contributed by atoms with Crippen LogP contribution in [-0.2, 0) is 10.4 Å². The van der Waals surface area contributed by atoms with E-state index in [1.54, 1.807) is 25.2 Å². The van der Waals surface area contributed by atoms with Crippen molar-refractivity contribution in [3.05, 3.63) is 63.7 Å². The molecule has 4 heteroatoms. The van der Waals surface area contributed by atoms with Crippen LogP contribution in [0.15, 0.2) is 30.3 Å². The van der Waals surface area contributed by atoms with E-state index in [1.165, 1.54) is 4.90 Å². The Morgan fingerprint density at radius 1 is 1.08 bits per heavy atom. The van der Waals surface area contributed by atoms with E-state index < -0.39 is 11.5 Å². The van der Waals surface area contributed by atoms with E-state index in [1.807, 2.05) is 33.8 Å². The Morgan fingerprint density at radius 2 is 1.64 bits per heavy atom. The van der Waals surface area contributed by atoms with Crippen molar-refractivity contribution in [1.82, 2.24) is 0 Å². The van der Waals surface area contributed by atoms with E-state index in [0.717, 1.165) is 22.3 Å². The summed E-state index contributed by atoms with van der Waals surface area (Å²) in [5, 5.41) is 11.1. The fourth-order valence-corrected chi connectivity index (χ4v) is 3.74. The number of para-hydroxylation sites is 1. The maximum Gasteiger partial charge on any atom is 0.263 e. The van der Waals surface area contributed by atoms with Crippen molar-refractivity contribution in [1.29, 1.82) is 0 Å². The molecule has 0 radical (unpaired) electrons.